The molecule has 0 atom stereocenters. The van der Waals surface area contributed by atoms with Gasteiger partial charge in [0.05, 0.1) is 0 Å². The molecule has 1 heteroatoms. The summed E-state index contributed by atoms with van der Waals surface area (Å²) < 4.78 is 2.84. The molecule has 0 aromatic heterocycles. The standard InChI is InChI=1S/C24H18Se/c1-3-11-19(12-4-1)21-15-7-9-17-23(21)25-24-18-10-8-16-22(24)20-13-5-2-6-14-20/h1-18H. The van der Waals surface area contributed by atoms with Gasteiger partial charge in [-0.2, -0.15) is 0 Å². The van der Waals surface area contributed by atoms with E-state index in [1.54, 1.807) is 0 Å². The summed E-state index contributed by atoms with van der Waals surface area (Å²) in [5.41, 5.74) is 5.26. The van der Waals surface area contributed by atoms with E-state index in [0.717, 1.165) is 0 Å². The van der Waals surface area contributed by atoms with Crippen LogP contribution in [0.4, 0.5) is 0 Å². The quantitative estimate of drug-likeness (QED) is 0.448. The van der Waals surface area contributed by atoms with Crippen molar-refractivity contribution in [2.45, 2.75) is 0 Å². The van der Waals surface area contributed by atoms with Crippen LogP contribution < -0.4 is 8.92 Å². The summed E-state index contributed by atoms with van der Waals surface area (Å²) in [6.07, 6.45) is 0. The predicted octanol–water partition coefficient (Wildman–Crippen LogP) is 4.68. The molecular formula is C24H18Se. The van der Waals surface area contributed by atoms with Crippen molar-refractivity contribution in [1.29, 1.82) is 0 Å². The van der Waals surface area contributed by atoms with Gasteiger partial charge in [-0.3, -0.25) is 0 Å². The fourth-order valence-corrected chi connectivity index (χ4v) is 5.30. The Balaban J connectivity index is 1.76. The summed E-state index contributed by atoms with van der Waals surface area (Å²) in [6, 6.07) is 38.9. The van der Waals surface area contributed by atoms with Gasteiger partial charge in [0.1, 0.15) is 0 Å². The van der Waals surface area contributed by atoms with Crippen molar-refractivity contribution < 1.29 is 0 Å². The van der Waals surface area contributed by atoms with Crippen LogP contribution in [-0.4, -0.2) is 15.0 Å². The summed E-state index contributed by atoms with van der Waals surface area (Å²) in [5, 5.41) is 0. The van der Waals surface area contributed by atoms with Crippen molar-refractivity contribution in [2.75, 3.05) is 0 Å². The monoisotopic (exact) mass is 386 g/mol. The fraction of sp³-hybridized carbons (Fsp3) is 0. The van der Waals surface area contributed by atoms with Crippen molar-refractivity contribution in [3.8, 4) is 22.3 Å². The first-order valence-corrected chi connectivity index (χ1v) is 10.1. The Hall–Kier alpha value is -2.60. The van der Waals surface area contributed by atoms with Gasteiger partial charge in [-0.1, -0.05) is 0 Å². The Morgan fingerprint density at radius 1 is 0.360 bits per heavy atom. The van der Waals surface area contributed by atoms with Crippen molar-refractivity contribution in [3.05, 3.63) is 109 Å². The first-order chi connectivity index (χ1) is 12.4. The van der Waals surface area contributed by atoms with Gasteiger partial charge in [-0.25, -0.2) is 0 Å². The van der Waals surface area contributed by atoms with Gasteiger partial charge in [0.25, 0.3) is 0 Å². The zero-order valence-electron chi connectivity index (χ0n) is 13.8. The summed E-state index contributed by atoms with van der Waals surface area (Å²) in [5.74, 6) is 0. The Morgan fingerprint density at radius 3 is 1.16 bits per heavy atom. The zero-order chi connectivity index (χ0) is 16.9. The molecule has 0 bridgehead atoms. The van der Waals surface area contributed by atoms with Gasteiger partial charge < -0.3 is 0 Å². The van der Waals surface area contributed by atoms with E-state index < -0.39 is 0 Å². The Labute approximate surface area is 155 Å². The molecule has 0 aliphatic heterocycles. The molecule has 0 fully saturated rings. The molecule has 0 heterocycles. The van der Waals surface area contributed by atoms with Crippen LogP contribution in [0.1, 0.15) is 0 Å². The molecule has 0 saturated heterocycles. The first-order valence-electron chi connectivity index (χ1n) is 8.38. The minimum absolute atomic E-state index is 0.249. The molecule has 0 spiro atoms. The van der Waals surface area contributed by atoms with E-state index in [9.17, 15) is 0 Å². The number of hydrogen-bond acceptors (Lipinski definition) is 0. The third-order valence-corrected chi connectivity index (χ3v) is 6.58. The van der Waals surface area contributed by atoms with Crippen LogP contribution in [0.2, 0.25) is 0 Å². The second kappa shape index (κ2) is 7.53. The maximum atomic E-state index is 2.27. The summed E-state index contributed by atoms with van der Waals surface area (Å²) in [6.45, 7) is 0. The second-order valence-electron chi connectivity index (χ2n) is 5.83. The number of rotatable bonds is 4. The molecule has 0 amide bonds. The Bertz CT molecular complexity index is 878. The number of hydrogen-bond donors (Lipinski definition) is 0. The summed E-state index contributed by atoms with van der Waals surface area (Å²) >= 11 is 0.249. The average molecular weight is 385 g/mol. The van der Waals surface area contributed by atoms with Gasteiger partial charge in [0.2, 0.25) is 0 Å². The van der Waals surface area contributed by atoms with E-state index in [2.05, 4.69) is 109 Å². The summed E-state index contributed by atoms with van der Waals surface area (Å²) in [4.78, 5) is 0. The van der Waals surface area contributed by atoms with E-state index in [-0.39, 0.29) is 15.0 Å². The van der Waals surface area contributed by atoms with Crippen LogP contribution in [0.5, 0.6) is 0 Å². The van der Waals surface area contributed by atoms with Crippen molar-refractivity contribution in [2.24, 2.45) is 0 Å². The molecule has 4 aromatic rings. The molecule has 0 N–H and O–H groups in total. The molecule has 4 rings (SSSR count). The molecule has 0 saturated carbocycles. The van der Waals surface area contributed by atoms with E-state index in [4.69, 9.17) is 0 Å². The molecule has 0 radical (unpaired) electrons. The van der Waals surface area contributed by atoms with Crippen molar-refractivity contribution in [1.82, 2.24) is 0 Å². The molecule has 0 aliphatic rings. The van der Waals surface area contributed by atoms with Crippen LogP contribution in [-0.2, 0) is 0 Å². The topological polar surface area (TPSA) is 0 Å². The molecule has 120 valence electrons. The van der Waals surface area contributed by atoms with Crippen LogP contribution in [0.15, 0.2) is 109 Å². The van der Waals surface area contributed by atoms with Gasteiger partial charge in [-0.05, 0) is 0 Å². The second-order valence-corrected chi connectivity index (χ2v) is 8.10. The Morgan fingerprint density at radius 2 is 0.720 bits per heavy atom. The molecular weight excluding hydrogens is 367 g/mol. The average Bonchev–Trinajstić information content (AvgIpc) is 2.70. The normalized spacial score (nSPS) is 10.6. The van der Waals surface area contributed by atoms with Crippen molar-refractivity contribution in [3.63, 3.8) is 0 Å². The molecule has 4 aromatic carbocycles. The molecule has 0 unspecified atom stereocenters. The zero-order valence-corrected chi connectivity index (χ0v) is 15.5. The van der Waals surface area contributed by atoms with E-state index in [1.807, 2.05) is 0 Å². The molecule has 0 nitrogen and oxygen atoms in total. The fourth-order valence-electron chi connectivity index (χ4n) is 2.94. The van der Waals surface area contributed by atoms with Crippen molar-refractivity contribution >= 4 is 23.9 Å². The Kier molecular flexibility index (Phi) is 4.79. The van der Waals surface area contributed by atoms with E-state index in [0.29, 0.717) is 0 Å². The first kappa shape index (κ1) is 15.9. The van der Waals surface area contributed by atoms with E-state index in [1.165, 1.54) is 31.2 Å². The minimum atomic E-state index is 0.249. The van der Waals surface area contributed by atoms with Crippen LogP contribution in [0.25, 0.3) is 22.3 Å². The van der Waals surface area contributed by atoms with Gasteiger partial charge >= 0.3 is 155 Å². The van der Waals surface area contributed by atoms with Gasteiger partial charge in [0.15, 0.2) is 0 Å². The van der Waals surface area contributed by atoms with Gasteiger partial charge in [-0.15, -0.1) is 0 Å². The predicted molar refractivity (Wildman–Crippen MR) is 109 cm³/mol. The maximum absolute atomic E-state index is 2.27. The number of benzene rings is 4. The molecule has 25 heavy (non-hydrogen) atoms. The summed E-state index contributed by atoms with van der Waals surface area (Å²) in [7, 11) is 0. The SMILES string of the molecule is c1ccc(-c2ccccc2[Se]c2ccccc2-c2ccccc2)cc1. The van der Waals surface area contributed by atoms with Crippen LogP contribution >= 0.6 is 0 Å². The third-order valence-electron chi connectivity index (χ3n) is 4.16. The van der Waals surface area contributed by atoms with E-state index >= 15 is 0 Å². The van der Waals surface area contributed by atoms with Gasteiger partial charge in [0, 0.05) is 0 Å². The third kappa shape index (κ3) is 3.58. The molecule has 0 aliphatic carbocycles. The van der Waals surface area contributed by atoms with Crippen LogP contribution in [0.3, 0.4) is 0 Å². The van der Waals surface area contributed by atoms with Crippen LogP contribution in [0, 0.1) is 0 Å².